The minimum absolute atomic E-state index is 0.0332. The van der Waals surface area contributed by atoms with Crippen LogP contribution in [0.25, 0.3) is 0 Å². The molecule has 1 heterocycles. The maximum Gasteiger partial charge on any atom is 0.319 e. The van der Waals surface area contributed by atoms with E-state index in [1.54, 1.807) is 24.3 Å². The van der Waals surface area contributed by atoms with Crippen LogP contribution >= 0.6 is 11.6 Å². The number of carbonyl (C=O) groups excluding carboxylic acids is 1. The zero-order valence-corrected chi connectivity index (χ0v) is 15.4. The fourth-order valence-electron chi connectivity index (χ4n) is 3.26. The van der Waals surface area contributed by atoms with Gasteiger partial charge < -0.3 is 20.7 Å². The number of hydrogen-bond acceptors (Lipinski definition) is 3. The second kappa shape index (κ2) is 8.54. The summed E-state index contributed by atoms with van der Waals surface area (Å²) < 4.78 is 33.9. The molecular weight excluding hydrogens is 376 g/mol. The molecule has 0 unspecified atom stereocenters. The van der Waals surface area contributed by atoms with Crippen LogP contribution in [-0.4, -0.2) is 32.3 Å². The van der Waals surface area contributed by atoms with Gasteiger partial charge in [-0.15, -0.1) is 0 Å². The van der Waals surface area contributed by atoms with Crippen LogP contribution in [-0.2, 0) is 0 Å². The standard InChI is InChI=1S/C19H20ClF2N3O2/c1-27-13-8-15(21)18(16(22)9-13)14-6-7-23-10-17(14)25-19(26)24-12-4-2-11(20)3-5-12/h2-5,8-9,14,17,23H,6-7,10H2,1H3,(H2,24,25,26)/t14-,17-/m1/s1. The van der Waals surface area contributed by atoms with Crippen molar-refractivity contribution in [1.29, 1.82) is 0 Å². The molecule has 1 fully saturated rings. The van der Waals surface area contributed by atoms with Gasteiger partial charge in [-0.2, -0.15) is 0 Å². The molecule has 144 valence electrons. The normalized spacial score (nSPS) is 19.4. The first-order valence-corrected chi connectivity index (χ1v) is 8.92. The van der Waals surface area contributed by atoms with Gasteiger partial charge in [0.1, 0.15) is 17.4 Å². The summed E-state index contributed by atoms with van der Waals surface area (Å²) in [5.74, 6) is -1.73. The molecule has 2 aromatic rings. The number of amides is 2. The Morgan fingerprint density at radius 2 is 1.89 bits per heavy atom. The molecule has 0 spiro atoms. The van der Waals surface area contributed by atoms with Gasteiger partial charge in [0, 0.05) is 40.9 Å². The van der Waals surface area contributed by atoms with Crippen molar-refractivity contribution in [2.45, 2.75) is 18.4 Å². The molecule has 0 saturated carbocycles. The molecule has 0 radical (unpaired) electrons. The summed E-state index contributed by atoms with van der Waals surface area (Å²) in [5, 5.41) is 9.20. The highest BCUT2D eigenvalue weighted by Crippen LogP contribution is 2.32. The Morgan fingerprint density at radius 1 is 1.22 bits per heavy atom. The number of nitrogens with one attached hydrogen (secondary N) is 3. The van der Waals surface area contributed by atoms with Crippen LogP contribution < -0.4 is 20.7 Å². The van der Waals surface area contributed by atoms with E-state index in [2.05, 4.69) is 16.0 Å². The number of halogens is 3. The second-order valence-corrected chi connectivity index (χ2v) is 6.75. The Kier molecular flexibility index (Phi) is 6.13. The summed E-state index contributed by atoms with van der Waals surface area (Å²) in [5.41, 5.74) is 0.535. The highest BCUT2D eigenvalue weighted by atomic mass is 35.5. The zero-order chi connectivity index (χ0) is 19.4. The van der Waals surface area contributed by atoms with Crippen LogP contribution in [0, 0.1) is 11.6 Å². The Hall–Kier alpha value is -2.38. The predicted molar refractivity (Wildman–Crippen MR) is 101 cm³/mol. The highest BCUT2D eigenvalue weighted by molar-refractivity contribution is 6.30. The van der Waals surface area contributed by atoms with E-state index in [0.29, 0.717) is 30.2 Å². The van der Waals surface area contributed by atoms with Crippen molar-refractivity contribution in [3.8, 4) is 5.75 Å². The number of anilines is 1. The summed E-state index contributed by atoms with van der Waals surface area (Å²) in [6.07, 6.45) is 0.492. The molecule has 1 aliphatic heterocycles. The summed E-state index contributed by atoms with van der Waals surface area (Å²) >= 11 is 5.83. The summed E-state index contributed by atoms with van der Waals surface area (Å²) in [4.78, 5) is 12.3. The van der Waals surface area contributed by atoms with E-state index in [1.165, 1.54) is 7.11 Å². The van der Waals surface area contributed by atoms with Crippen molar-refractivity contribution < 1.29 is 18.3 Å². The van der Waals surface area contributed by atoms with Crippen LogP contribution in [0.1, 0.15) is 17.9 Å². The molecule has 27 heavy (non-hydrogen) atoms. The largest absolute Gasteiger partial charge is 0.497 e. The minimum atomic E-state index is -0.677. The third-order valence-electron chi connectivity index (χ3n) is 4.56. The van der Waals surface area contributed by atoms with Crippen molar-refractivity contribution in [1.82, 2.24) is 10.6 Å². The maximum atomic E-state index is 14.5. The molecule has 2 atom stereocenters. The highest BCUT2D eigenvalue weighted by Gasteiger charge is 2.32. The van der Waals surface area contributed by atoms with Gasteiger partial charge in [0.25, 0.3) is 0 Å². The van der Waals surface area contributed by atoms with E-state index in [0.717, 1.165) is 12.1 Å². The number of carbonyl (C=O) groups is 1. The van der Waals surface area contributed by atoms with Crippen LogP contribution in [0.15, 0.2) is 36.4 Å². The topological polar surface area (TPSA) is 62.4 Å². The van der Waals surface area contributed by atoms with E-state index >= 15 is 0 Å². The van der Waals surface area contributed by atoms with Gasteiger partial charge >= 0.3 is 6.03 Å². The molecule has 8 heteroatoms. The molecule has 1 saturated heterocycles. The first kappa shape index (κ1) is 19.4. The number of piperidine rings is 1. The predicted octanol–water partition coefficient (Wildman–Crippen LogP) is 3.89. The Labute approximate surface area is 161 Å². The number of rotatable bonds is 4. The Bertz CT molecular complexity index is 794. The molecule has 0 aliphatic carbocycles. The molecule has 1 aliphatic rings. The number of methoxy groups -OCH3 is 1. The van der Waals surface area contributed by atoms with Crippen LogP contribution in [0.2, 0.25) is 5.02 Å². The van der Waals surface area contributed by atoms with Gasteiger partial charge in [-0.3, -0.25) is 0 Å². The van der Waals surface area contributed by atoms with Gasteiger partial charge in [0.15, 0.2) is 0 Å². The molecule has 3 rings (SSSR count). The smallest absolute Gasteiger partial charge is 0.319 e. The number of ether oxygens (including phenoxy) is 1. The van der Waals surface area contributed by atoms with Gasteiger partial charge in [0.2, 0.25) is 0 Å². The van der Waals surface area contributed by atoms with Crippen LogP contribution in [0.3, 0.4) is 0 Å². The van der Waals surface area contributed by atoms with E-state index in [-0.39, 0.29) is 11.3 Å². The van der Waals surface area contributed by atoms with Crippen molar-refractivity contribution in [2.24, 2.45) is 0 Å². The molecule has 2 amide bonds. The third-order valence-corrected chi connectivity index (χ3v) is 4.81. The quantitative estimate of drug-likeness (QED) is 0.736. The average molecular weight is 396 g/mol. The molecule has 5 nitrogen and oxygen atoms in total. The lowest BCUT2D eigenvalue weighted by Gasteiger charge is -2.33. The number of benzene rings is 2. The Balaban J connectivity index is 1.76. The molecular formula is C19H20ClF2N3O2. The van der Waals surface area contributed by atoms with E-state index in [4.69, 9.17) is 16.3 Å². The zero-order valence-electron chi connectivity index (χ0n) is 14.7. The van der Waals surface area contributed by atoms with Gasteiger partial charge in [0.05, 0.1) is 13.2 Å². The SMILES string of the molecule is COc1cc(F)c([C@@H]2CCNC[C@H]2NC(=O)Nc2ccc(Cl)cc2)c(F)c1. The van der Waals surface area contributed by atoms with Crippen molar-refractivity contribution in [3.05, 3.63) is 58.6 Å². The lowest BCUT2D eigenvalue weighted by atomic mass is 9.85. The van der Waals surface area contributed by atoms with Gasteiger partial charge in [-0.25, -0.2) is 13.6 Å². The van der Waals surface area contributed by atoms with Crippen molar-refractivity contribution in [2.75, 3.05) is 25.5 Å². The number of urea groups is 1. The molecule has 2 aromatic carbocycles. The fraction of sp³-hybridized carbons (Fsp3) is 0.316. The summed E-state index contributed by atoms with van der Waals surface area (Å²) in [6, 6.07) is 8.04. The van der Waals surface area contributed by atoms with E-state index < -0.39 is 29.6 Å². The van der Waals surface area contributed by atoms with Gasteiger partial charge in [-0.05, 0) is 37.2 Å². The second-order valence-electron chi connectivity index (χ2n) is 6.32. The first-order valence-electron chi connectivity index (χ1n) is 8.54. The number of hydrogen-bond donors (Lipinski definition) is 3. The van der Waals surface area contributed by atoms with Crippen molar-refractivity contribution in [3.63, 3.8) is 0 Å². The molecule has 0 aromatic heterocycles. The maximum absolute atomic E-state index is 14.5. The average Bonchev–Trinajstić information content (AvgIpc) is 2.64. The Morgan fingerprint density at radius 3 is 2.52 bits per heavy atom. The van der Waals surface area contributed by atoms with E-state index in [9.17, 15) is 13.6 Å². The monoisotopic (exact) mass is 395 g/mol. The van der Waals surface area contributed by atoms with Crippen molar-refractivity contribution >= 4 is 23.3 Å². The lowest BCUT2D eigenvalue weighted by molar-refractivity contribution is 0.241. The fourth-order valence-corrected chi connectivity index (χ4v) is 3.38. The summed E-state index contributed by atoms with van der Waals surface area (Å²) in [7, 11) is 1.35. The summed E-state index contributed by atoms with van der Waals surface area (Å²) in [6.45, 7) is 1.01. The minimum Gasteiger partial charge on any atom is -0.497 e. The lowest BCUT2D eigenvalue weighted by Crippen LogP contribution is -2.51. The first-order chi connectivity index (χ1) is 13.0. The van der Waals surface area contributed by atoms with Gasteiger partial charge in [-0.1, -0.05) is 11.6 Å². The molecule has 3 N–H and O–H groups in total. The van der Waals surface area contributed by atoms with E-state index in [1.807, 2.05) is 0 Å². The van der Waals surface area contributed by atoms with Crippen LogP contribution in [0.4, 0.5) is 19.3 Å². The third kappa shape index (κ3) is 4.67. The molecule has 0 bridgehead atoms. The van der Waals surface area contributed by atoms with Crippen LogP contribution in [0.5, 0.6) is 5.75 Å².